The van der Waals surface area contributed by atoms with E-state index in [1.807, 2.05) is 23.1 Å². The molecule has 0 aromatic carbocycles. The van der Waals surface area contributed by atoms with E-state index < -0.39 is 0 Å². The molecule has 94 valence electrons. The molecule has 1 aliphatic rings. The van der Waals surface area contributed by atoms with E-state index in [9.17, 15) is 0 Å². The molecule has 0 radical (unpaired) electrons. The van der Waals surface area contributed by atoms with Crippen LogP contribution in [0.5, 0.6) is 0 Å². The third-order valence-electron chi connectivity index (χ3n) is 3.39. The summed E-state index contributed by atoms with van der Waals surface area (Å²) in [6.45, 7) is 5.07. The van der Waals surface area contributed by atoms with Crippen LogP contribution in [0.15, 0.2) is 24.5 Å². The van der Waals surface area contributed by atoms with E-state index >= 15 is 0 Å². The zero-order chi connectivity index (χ0) is 12.5. The number of hydrogen-bond donors (Lipinski definition) is 1. The Kier molecular flexibility index (Phi) is 2.88. The van der Waals surface area contributed by atoms with E-state index in [0.717, 1.165) is 18.4 Å². The van der Waals surface area contributed by atoms with Crippen molar-refractivity contribution in [1.82, 2.24) is 20.1 Å². The van der Waals surface area contributed by atoms with Crippen molar-refractivity contribution in [3.8, 4) is 5.82 Å². The maximum Gasteiger partial charge on any atom is 0.153 e. The van der Waals surface area contributed by atoms with Gasteiger partial charge in [0.2, 0.25) is 0 Å². The lowest BCUT2D eigenvalue weighted by Crippen LogP contribution is -2.15. The number of rotatable bonds is 4. The van der Waals surface area contributed by atoms with Gasteiger partial charge in [0.25, 0.3) is 0 Å². The fraction of sp³-hybridized carbons (Fsp3) is 0.429. The Morgan fingerprint density at radius 2 is 2.22 bits per heavy atom. The van der Waals surface area contributed by atoms with Crippen LogP contribution in [0.25, 0.3) is 5.82 Å². The van der Waals surface area contributed by atoms with Crippen molar-refractivity contribution in [3.05, 3.63) is 41.3 Å². The zero-order valence-electron chi connectivity index (χ0n) is 10.8. The van der Waals surface area contributed by atoms with Gasteiger partial charge in [-0.2, -0.15) is 5.10 Å². The van der Waals surface area contributed by atoms with Crippen molar-refractivity contribution in [2.24, 2.45) is 0 Å². The van der Waals surface area contributed by atoms with E-state index in [-0.39, 0.29) is 0 Å². The molecule has 1 N–H and O–H groups in total. The molecule has 0 aliphatic heterocycles. The minimum Gasteiger partial charge on any atom is -0.310 e. The standard InChI is InChI=1S/C14H18N4/c1-10-5-6-15-14(7-10)18-11(2)12(9-17-18)8-16-13-3-4-13/h5-7,9,13,16H,3-4,8H2,1-2H3. The van der Waals surface area contributed by atoms with Crippen LogP contribution in [-0.4, -0.2) is 20.8 Å². The predicted octanol–water partition coefficient (Wildman–Crippen LogP) is 2.14. The molecule has 0 spiro atoms. The highest BCUT2D eigenvalue weighted by Gasteiger charge is 2.20. The first-order chi connectivity index (χ1) is 8.74. The number of pyridine rings is 1. The maximum atomic E-state index is 4.44. The van der Waals surface area contributed by atoms with Crippen molar-refractivity contribution in [1.29, 1.82) is 0 Å². The Bertz CT molecular complexity index is 555. The summed E-state index contributed by atoms with van der Waals surface area (Å²) in [5, 5.41) is 7.96. The van der Waals surface area contributed by atoms with Crippen LogP contribution < -0.4 is 5.32 Å². The number of hydrogen-bond acceptors (Lipinski definition) is 3. The van der Waals surface area contributed by atoms with Crippen LogP contribution in [0.1, 0.15) is 29.7 Å². The molecule has 2 aromatic heterocycles. The summed E-state index contributed by atoms with van der Waals surface area (Å²) in [6.07, 6.45) is 6.39. The van der Waals surface area contributed by atoms with Gasteiger partial charge in [-0.1, -0.05) is 0 Å². The Hall–Kier alpha value is -1.68. The molecule has 0 amide bonds. The molecular weight excluding hydrogens is 224 g/mol. The molecular formula is C14H18N4. The fourth-order valence-corrected chi connectivity index (χ4v) is 2.03. The third kappa shape index (κ3) is 2.29. The second-order valence-electron chi connectivity index (χ2n) is 5.01. The molecule has 0 atom stereocenters. The average molecular weight is 242 g/mol. The van der Waals surface area contributed by atoms with Gasteiger partial charge in [-0.15, -0.1) is 0 Å². The highest BCUT2D eigenvalue weighted by molar-refractivity contribution is 5.31. The van der Waals surface area contributed by atoms with Crippen LogP contribution in [0.3, 0.4) is 0 Å². The van der Waals surface area contributed by atoms with Gasteiger partial charge < -0.3 is 5.32 Å². The molecule has 1 fully saturated rings. The van der Waals surface area contributed by atoms with Gasteiger partial charge in [0.15, 0.2) is 5.82 Å². The van der Waals surface area contributed by atoms with E-state index in [1.54, 1.807) is 0 Å². The molecule has 0 saturated heterocycles. The molecule has 2 heterocycles. The minimum absolute atomic E-state index is 0.727. The maximum absolute atomic E-state index is 4.44. The van der Waals surface area contributed by atoms with E-state index in [2.05, 4.69) is 35.3 Å². The number of nitrogens with one attached hydrogen (secondary N) is 1. The Morgan fingerprint density at radius 3 is 2.94 bits per heavy atom. The topological polar surface area (TPSA) is 42.7 Å². The number of aromatic nitrogens is 3. The Labute approximate surface area is 107 Å². The molecule has 0 bridgehead atoms. The molecule has 3 rings (SSSR count). The molecule has 4 heteroatoms. The SMILES string of the molecule is Cc1ccnc(-n2ncc(CNC3CC3)c2C)c1. The lowest BCUT2D eigenvalue weighted by Gasteiger charge is -2.06. The molecule has 0 unspecified atom stereocenters. The van der Waals surface area contributed by atoms with E-state index in [4.69, 9.17) is 0 Å². The summed E-state index contributed by atoms with van der Waals surface area (Å²) < 4.78 is 1.91. The van der Waals surface area contributed by atoms with Gasteiger partial charge in [0.1, 0.15) is 0 Å². The summed E-state index contributed by atoms with van der Waals surface area (Å²) >= 11 is 0. The second-order valence-corrected chi connectivity index (χ2v) is 5.01. The summed E-state index contributed by atoms with van der Waals surface area (Å²) in [5.74, 6) is 0.894. The van der Waals surface area contributed by atoms with E-state index in [1.165, 1.54) is 29.7 Å². The average Bonchev–Trinajstić information content (AvgIpc) is 3.11. The van der Waals surface area contributed by atoms with Crippen LogP contribution in [0, 0.1) is 13.8 Å². The van der Waals surface area contributed by atoms with Gasteiger partial charge in [-0.25, -0.2) is 9.67 Å². The molecule has 1 aliphatic carbocycles. The lowest BCUT2D eigenvalue weighted by molar-refractivity contribution is 0.683. The highest BCUT2D eigenvalue weighted by atomic mass is 15.3. The van der Waals surface area contributed by atoms with Gasteiger partial charge in [-0.3, -0.25) is 0 Å². The summed E-state index contributed by atoms with van der Waals surface area (Å²) in [6, 6.07) is 4.78. The molecule has 18 heavy (non-hydrogen) atoms. The van der Waals surface area contributed by atoms with Gasteiger partial charge in [-0.05, 0) is 44.4 Å². The fourth-order valence-electron chi connectivity index (χ4n) is 2.03. The lowest BCUT2D eigenvalue weighted by atomic mass is 10.2. The van der Waals surface area contributed by atoms with E-state index in [0.29, 0.717) is 0 Å². The first-order valence-electron chi connectivity index (χ1n) is 6.44. The quantitative estimate of drug-likeness (QED) is 0.893. The summed E-state index contributed by atoms with van der Waals surface area (Å²) in [7, 11) is 0. The van der Waals surface area contributed by atoms with Crippen molar-refractivity contribution in [3.63, 3.8) is 0 Å². The van der Waals surface area contributed by atoms with Gasteiger partial charge in [0.05, 0.1) is 6.20 Å². The van der Waals surface area contributed by atoms with Crippen LogP contribution >= 0.6 is 0 Å². The first kappa shape index (κ1) is 11.4. The van der Waals surface area contributed by atoms with Crippen molar-refractivity contribution < 1.29 is 0 Å². The smallest absolute Gasteiger partial charge is 0.153 e. The monoisotopic (exact) mass is 242 g/mol. The third-order valence-corrected chi connectivity index (χ3v) is 3.39. The van der Waals surface area contributed by atoms with Gasteiger partial charge in [0, 0.05) is 30.0 Å². The zero-order valence-corrected chi connectivity index (χ0v) is 10.8. The molecule has 1 saturated carbocycles. The van der Waals surface area contributed by atoms with Crippen molar-refractivity contribution in [2.75, 3.05) is 0 Å². The Balaban J connectivity index is 1.83. The molecule has 4 nitrogen and oxygen atoms in total. The number of aryl methyl sites for hydroxylation is 1. The second kappa shape index (κ2) is 4.53. The van der Waals surface area contributed by atoms with Crippen LogP contribution in [0.2, 0.25) is 0 Å². The van der Waals surface area contributed by atoms with Gasteiger partial charge >= 0.3 is 0 Å². The van der Waals surface area contributed by atoms with Crippen LogP contribution in [0.4, 0.5) is 0 Å². The number of nitrogens with zero attached hydrogens (tertiary/aromatic N) is 3. The minimum atomic E-state index is 0.727. The Morgan fingerprint density at radius 1 is 1.39 bits per heavy atom. The molecule has 2 aromatic rings. The van der Waals surface area contributed by atoms with Crippen molar-refractivity contribution in [2.45, 2.75) is 39.3 Å². The van der Waals surface area contributed by atoms with Crippen LogP contribution in [-0.2, 0) is 6.54 Å². The first-order valence-corrected chi connectivity index (χ1v) is 6.44. The van der Waals surface area contributed by atoms with Crippen molar-refractivity contribution >= 4 is 0 Å². The normalized spacial score (nSPS) is 15.0. The summed E-state index contributed by atoms with van der Waals surface area (Å²) in [5.41, 5.74) is 3.62. The largest absolute Gasteiger partial charge is 0.310 e. The highest BCUT2D eigenvalue weighted by Crippen LogP contribution is 2.20. The summed E-state index contributed by atoms with van der Waals surface area (Å²) in [4.78, 5) is 4.37. The predicted molar refractivity (Wildman–Crippen MR) is 70.7 cm³/mol.